The van der Waals surface area contributed by atoms with E-state index < -0.39 is 0 Å². The summed E-state index contributed by atoms with van der Waals surface area (Å²) < 4.78 is 13.4. The molecule has 26 heavy (non-hydrogen) atoms. The van der Waals surface area contributed by atoms with E-state index in [2.05, 4.69) is 20.9 Å². The van der Waals surface area contributed by atoms with Crippen molar-refractivity contribution < 1.29 is 18.7 Å². The summed E-state index contributed by atoms with van der Waals surface area (Å²) in [6.45, 7) is 2.11. The van der Waals surface area contributed by atoms with E-state index >= 15 is 0 Å². The predicted molar refractivity (Wildman–Crippen MR) is 102 cm³/mol. The number of benzene rings is 1. The molecule has 0 fully saturated rings. The number of nitrogens with zero attached hydrogens (tertiary/aromatic N) is 2. The molecule has 0 bridgehead atoms. The first-order chi connectivity index (χ1) is 12.6. The predicted octanol–water partition coefficient (Wildman–Crippen LogP) is 4.49. The minimum Gasteiger partial charge on any atom is -0.466 e. The van der Waals surface area contributed by atoms with Crippen molar-refractivity contribution in [3.63, 3.8) is 0 Å². The second-order valence-corrected chi connectivity index (χ2v) is 7.60. The van der Waals surface area contributed by atoms with Crippen LogP contribution in [0.2, 0.25) is 0 Å². The Bertz CT molecular complexity index is 1140. The molecule has 0 aliphatic rings. The van der Waals surface area contributed by atoms with Gasteiger partial charge in [0.25, 0.3) is 0 Å². The first kappa shape index (κ1) is 17.0. The topological polar surface area (TPSA) is 73.8 Å². The lowest BCUT2D eigenvalue weighted by molar-refractivity contribution is -0.142. The van der Waals surface area contributed by atoms with Crippen molar-refractivity contribution in [3.8, 4) is 11.5 Å². The Balaban J connectivity index is 1.76. The molecule has 1 aromatic carbocycles. The second-order valence-electron chi connectivity index (χ2n) is 5.59. The van der Waals surface area contributed by atoms with Crippen LogP contribution in [0.5, 0.6) is 0 Å². The standard InChI is InChI=1S/C18H13BrN2O4S/c1-2-24-16(23)7-12-8-21-13(9-22)17(20-18(21)26-12)15-6-10-5-11(19)3-4-14(10)25-15/h3-6,8-9H,2,7H2,1H3. The van der Waals surface area contributed by atoms with Gasteiger partial charge in [0, 0.05) is 20.9 Å². The van der Waals surface area contributed by atoms with E-state index in [1.807, 2.05) is 24.3 Å². The largest absolute Gasteiger partial charge is 0.466 e. The number of hydrogen-bond donors (Lipinski definition) is 0. The molecule has 8 heteroatoms. The molecule has 132 valence electrons. The Morgan fingerprint density at radius 2 is 2.27 bits per heavy atom. The number of rotatable bonds is 5. The van der Waals surface area contributed by atoms with Gasteiger partial charge in [0.2, 0.25) is 0 Å². The van der Waals surface area contributed by atoms with Crippen LogP contribution in [-0.2, 0) is 16.0 Å². The van der Waals surface area contributed by atoms with Crippen molar-refractivity contribution in [3.05, 3.63) is 45.5 Å². The van der Waals surface area contributed by atoms with Crippen LogP contribution in [-0.4, -0.2) is 28.2 Å². The van der Waals surface area contributed by atoms with E-state index in [9.17, 15) is 9.59 Å². The van der Waals surface area contributed by atoms with Crippen molar-refractivity contribution in [2.24, 2.45) is 0 Å². The first-order valence-corrected chi connectivity index (χ1v) is 9.51. The second kappa shape index (κ2) is 6.69. The van der Waals surface area contributed by atoms with Gasteiger partial charge >= 0.3 is 5.97 Å². The Morgan fingerprint density at radius 1 is 1.42 bits per heavy atom. The van der Waals surface area contributed by atoms with Crippen molar-refractivity contribution in [2.45, 2.75) is 13.3 Å². The fourth-order valence-corrected chi connectivity index (χ4v) is 4.12. The van der Waals surface area contributed by atoms with Crippen LogP contribution >= 0.6 is 27.3 Å². The zero-order valence-electron chi connectivity index (χ0n) is 13.7. The molecule has 4 rings (SSSR count). The van der Waals surface area contributed by atoms with Crippen molar-refractivity contribution in [2.75, 3.05) is 6.61 Å². The summed E-state index contributed by atoms with van der Waals surface area (Å²) in [5.74, 6) is 0.232. The smallest absolute Gasteiger partial charge is 0.311 e. The van der Waals surface area contributed by atoms with Gasteiger partial charge in [0.1, 0.15) is 17.0 Å². The van der Waals surface area contributed by atoms with Crippen LogP contribution in [0.25, 0.3) is 27.4 Å². The van der Waals surface area contributed by atoms with Gasteiger partial charge in [-0.25, -0.2) is 4.98 Å². The van der Waals surface area contributed by atoms with Gasteiger partial charge in [-0.1, -0.05) is 15.9 Å². The maximum atomic E-state index is 11.7. The van der Waals surface area contributed by atoms with E-state index in [1.54, 1.807) is 17.5 Å². The number of halogens is 1. The summed E-state index contributed by atoms with van der Waals surface area (Å²) in [6.07, 6.45) is 2.66. The zero-order chi connectivity index (χ0) is 18.3. The highest BCUT2D eigenvalue weighted by Gasteiger charge is 2.20. The van der Waals surface area contributed by atoms with Gasteiger partial charge in [0.15, 0.2) is 17.0 Å². The molecule has 0 atom stereocenters. The summed E-state index contributed by atoms with van der Waals surface area (Å²) in [4.78, 5) is 29.3. The Morgan fingerprint density at radius 3 is 3.04 bits per heavy atom. The number of ether oxygens (including phenoxy) is 1. The molecule has 6 nitrogen and oxygen atoms in total. The van der Waals surface area contributed by atoms with E-state index in [0.717, 1.165) is 26.6 Å². The number of aromatic nitrogens is 2. The Hall–Kier alpha value is -2.45. The van der Waals surface area contributed by atoms with E-state index in [0.29, 0.717) is 28.7 Å². The molecule has 0 radical (unpaired) electrons. The van der Waals surface area contributed by atoms with Gasteiger partial charge in [-0.3, -0.25) is 14.0 Å². The third-order valence-corrected chi connectivity index (χ3v) is 5.33. The maximum Gasteiger partial charge on any atom is 0.311 e. The maximum absolute atomic E-state index is 11.7. The average Bonchev–Trinajstić information content (AvgIpc) is 3.25. The fraction of sp³-hybridized carbons (Fsp3) is 0.167. The van der Waals surface area contributed by atoms with Crippen molar-refractivity contribution in [1.82, 2.24) is 9.38 Å². The van der Waals surface area contributed by atoms with Crippen molar-refractivity contribution in [1.29, 1.82) is 0 Å². The van der Waals surface area contributed by atoms with E-state index in [1.165, 1.54) is 11.3 Å². The molecular formula is C18H13BrN2O4S. The summed E-state index contributed by atoms with van der Waals surface area (Å²) >= 11 is 4.78. The summed E-state index contributed by atoms with van der Waals surface area (Å²) in [6, 6.07) is 7.56. The average molecular weight is 433 g/mol. The SMILES string of the molecule is CCOC(=O)Cc1cn2c(C=O)c(-c3cc4cc(Br)ccc4o3)nc2s1. The van der Waals surface area contributed by atoms with Crippen LogP contribution < -0.4 is 0 Å². The number of aldehydes is 1. The number of thiazole rings is 1. The first-order valence-electron chi connectivity index (χ1n) is 7.90. The van der Waals surface area contributed by atoms with Crippen LogP contribution in [0.4, 0.5) is 0 Å². The number of furan rings is 1. The molecule has 0 saturated carbocycles. The van der Waals surface area contributed by atoms with Crippen molar-refractivity contribution >= 4 is 55.5 Å². The summed E-state index contributed by atoms with van der Waals surface area (Å²) in [5, 5.41) is 0.922. The van der Waals surface area contributed by atoms with Crippen LogP contribution in [0.15, 0.2) is 39.4 Å². The number of imidazole rings is 1. The molecule has 0 aliphatic heterocycles. The lowest BCUT2D eigenvalue weighted by atomic mass is 10.2. The zero-order valence-corrected chi connectivity index (χ0v) is 16.1. The van der Waals surface area contributed by atoms with Gasteiger partial charge in [-0.05, 0) is 31.2 Å². The van der Waals surface area contributed by atoms with E-state index in [-0.39, 0.29) is 12.4 Å². The molecule has 0 aliphatic carbocycles. The molecular weight excluding hydrogens is 420 g/mol. The fourth-order valence-electron chi connectivity index (χ4n) is 2.77. The third-order valence-electron chi connectivity index (χ3n) is 3.86. The minimum atomic E-state index is -0.298. The lowest BCUT2D eigenvalue weighted by Gasteiger charge is -1.98. The molecule has 0 spiro atoms. The quantitative estimate of drug-likeness (QED) is 0.343. The monoisotopic (exact) mass is 432 g/mol. The van der Waals surface area contributed by atoms with Gasteiger partial charge < -0.3 is 9.15 Å². The van der Waals surface area contributed by atoms with E-state index in [4.69, 9.17) is 9.15 Å². The number of hydrogen-bond acceptors (Lipinski definition) is 6. The highest BCUT2D eigenvalue weighted by molar-refractivity contribution is 9.10. The number of carbonyl (C=O) groups excluding carboxylic acids is 2. The molecule has 3 aromatic heterocycles. The van der Waals surface area contributed by atoms with Gasteiger partial charge in [-0.2, -0.15) is 0 Å². The molecule has 3 heterocycles. The van der Waals surface area contributed by atoms with Crippen LogP contribution in [0.3, 0.4) is 0 Å². The molecule has 0 amide bonds. The molecule has 0 unspecified atom stereocenters. The van der Waals surface area contributed by atoms with Crippen LogP contribution in [0.1, 0.15) is 22.3 Å². The number of esters is 1. The molecule has 4 aromatic rings. The Labute approximate surface area is 160 Å². The molecule has 0 N–H and O–H groups in total. The number of carbonyl (C=O) groups is 2. The summed E-state index contributed by atoms with van der Waals surface area (Å²) in [5.41, 5.74) is 1.60. The minimum absolute atomic E-state index is 0.161. The lowest BCUT2D eigenvalue weighted by Crippen LogP contribution is -2.06. The normalized spacial score (nSPS) is 11.3. The van der Waals surface area contributed by atoms with Gasteiger partial charge in [-0.15, -0.1) is 11.3 Å². The van der Waals surface area contributed by atoms with Gasteiger partial charge in [0.05, 0.1) is 13.0 Å². The number of fused-ring (bicyclic) bond motifs is 2. The highest BCUT2D eigenvalue weighted by Crippen LogP contribution is 2.33. The van der Waals surface area contributed by atoms with Crippen LogP contribution in [0, 0.1) is 0 Å². The highest BCUT2D eigenvalue weighted by atomic mass is 79.9. The third kappa shape index (κ3) is 2.95. The Kier molecular flexibility index (Phi) is 4.37. The summed E-state index contributed by atoms with van der Waals surface area (Å²) in [7, 11) is 0. The molecule has 0 saturated heterocycles.